The summed E-state index contributed by atoms with van der Waals surface area (Å²) in [6.45, 7) is 25.7. The highest BCUT2D eigenvalue weighted by Gasteiger charge is 2.60. The molecule has 0 atom stereocenters. The van der Waals surface area contributed by atoms with Gasteiger partial charge in [-0.2, -0.15) is 0 Å². The van der Waals surface area contributed by atoms with Crippen LogP contribution in [0.4, 0.5) is 11.6 Å². The number of aromatic nitrogens is 2. The van der Waals surface area contributed by atoms with E-state index in [-0.39, 0.29) is 55.4 Å². The van der Waals surface area contributed by atoms with Crippen molar-refractivity contribution in [2.45, 2.75) is 105 Å². The van der Waals surface area contributed by atoms with Gasteiger partial charge in [-0.05, 0) is 92.4 Å². The van der Waals surface area contributed by atoms with Crippen LogP contribution in [0.5, 0.6) is 0 Å². The summed E-state index contributed by atoms with van der Waals surface area (Å²) in [6, 6.07) is 36.7. The highest BCUT2D eigenvalue weighted by molar-refractivity contribution is 6.69. The number of hydrogen-bond acceptors (Lipinski definition) is 12. The lowest BCUT2D eigenvalue weighted by molar-refractivity contribution is 0.0532. The van der Waals surface area contributed by atoms with Gasteiger partial charge >= 0.3 is 20.8 Å². The number of aliphatic imine (C=N–C) groups is 4. The van der Waals surface area contributed by atoms with E-state index in [9.17, 15) is 9.59 Å². The molecule has 14 nitrogen and oxygen atoms in total. The quantitative estimate of drug-likeness (QED) is 0.118. The summed E-state index contributed by atoms with van der Waals surface area (Å²) in [5, 5.41) is 2.36. The van der Waals surface area contributed by atoms with Gasteiger partial charge in [0.1, 0.15) is 35.2 Å². The molecule has 0 saturated carbocycles. The highest BCUT2D eigenvalue weighted by Crippen LogP contribution is 2.46. The smallest absolute Gasteiger partial charge is 0.448 e. The summed E-state index contributed by atoms with van der Waals surface area (Å²) < 4.78 is 18.0. The highest BCUT2D eigenvalue weighted by atomic mass is 28.4. The number of amidine groups is 4. The molecule has 6 bridgehead atoms. The number of benzene rings is 6. The fraction of sp³-hybridized carbons (Fsp3) is 0.250. The van der Waals surface area contributed by atoms with Crippen LogP contribution in [0.2, 0.25) is 0 Å². The lowest BCUT2D eigenvalue weighted by atomic mass is 9.85. The number of hydrogen-bond donors (Lipinski definition) is 0. The van der Waals surface area contributed by atoms with Crippen LogP contribution < -0.4 is 11.0 Å². The Labute approximate surface area is 458 Å². The number of carbonyl (C=O) groups is 4. The van der Waals surface area contributed by atoms with E-state index in [4.69, 9.17) is 38.8 Å². The standard InChI is InChI=1S/C64H58N8O6Si/c1-61(2,3)39-21-25-43-47(29-39)53-65-51(43)67-57-50-32-42(64(10,11)12)24-28-46(50)56-70-54-48-30-40(62(4,5)6)22-26-44(48)52(66-54)68-58-49-31-41(63(7,8)9)23-27-45(49)55(69-53)71(58)79(72(56)57,77-59(75)37-17-13-35(33-73)14-18-37)78-60(76)38-19-15-36(34-74)16-20-38/h13-34H,1-12H3. The Morgan fingerprint density at radius 3 is 1.22 bits per heavy atom. The van der Waals surface area contributed by atoms with Crippen molar-refractivity contribution >= 4 is 89.9 Å². The molecule has 12 rings (SSSR count). The van der Waals surface area contributed by atoms with E-state index < -0.39 is 20.8 Å². The van der Waals surface area contributed by atoms with Crippen molar-refractivity contribution in [2.75, 3.05) is 0 Å². The third-order valence-electron chi connectivity index (χ3n) is 15.2. The molecule has 394 valence electrons. The molecule has 6 aromatic carbocycles. The van der Waals surface area contributed by atoms with Gasteiger partial charge in [0.05, 0.1) is 11.1 Å². The average molecular weight is 1060 g/mol. The molecular formula is C64H58N8O6Si. The molecule has 0 spiro atoms. The predicted molar refractivity (Wildman–Crippen MR) is 310 cm³/mol. The number of fused-ring (bicyclic) bond motifs is 14. The van der Waals surface area contributed by atoms with E-state index >= 15 is 9.59 Å². The van der Waals surface area contributed by atoms with Gasteiger partial charge < -0.3 is 8.85 Å². The molecule has 6 heterocycles. The van der Waals surface area contributed by atoms with Crippen LogP contribution in [-0.4, -0.2) is 65.2 Å². The van der Waals surface area contributed by atoms with Crippen molar-refractivity contribution in [2.24, 2.45) is 30.0 Å². The molecular weight excluding hydrogens is 1000 g/mol. The number of nitrogens with zero attached hydrogens (tertiary/aromatic N) is 8. The third-order valence-corrected chi connectivity index (χ3v) is 18.0. The molecule has 15 heteroatoms. The Bertz CT molecular complexity index is 4230. The van der Waals surface area contributed by atoms with Crippen LogP contribution in [0.3, 0.4) is 0 Å². The zero-order chi connectivity index (χ0) is 55.9. The summed E-state index contributed by atoms with van der Waals surface area (Å²) in [4.78, 5) is 88.6. The second-order valence-electron chi connectivity index (χ2n) is 24.8. The first kappa shape index (κ1) is 51.0. The molecule has 79 heavy (non-hydrogen) atoms. The zero-order valence-electron chi connectivity index (χ0n) is 46.2. The van der Waals surface area contributed by atoms with Gasteiger partial charge in [0, 0.05) is 54.9 Å². The molecule has 8 aromatic rings. The third kappa shape index (κ3) is 8.37. The van der Waals surface area contributed by atoms with Gasteiger partial charge in [-0.3, -0.25) is 18.1 Å². The fourth-order valence-corrected chi connectivity index (χ4v) is 13.5. The Morgan fingerprint density at radius 2 is 0.759 bits per heavy atom. The van der Waals surface area contributed by atoms with Crippen LogP contribution >= 0.6 is 0 Å². The molecule has 0 radical (unpaired) electrons. The van der Waals surface area contributed by atoms with E-state index in [2.05, 4.69) is 119 Å². The normalized spacial score (nSPS) is 15.1. The van der Waals surface area contributed by atoms with E-state index in [1.54, 1.807) is 8.47 Å². The first-order valence-electron chi connectivity index (χ1n) is 26.4. The van der Waals surface area contributed by atoms with Crippen molar-refractivity contribution in [3.63, 3.8) is 0 Å². The van der Waals surface area contributed by atoms with Gasteiger partial charge in [0.15, 0.2) is 23.3 Å². The minimum absolute atomic E-state index is 0.0577. The van der Waals surface area contributed by atoms with Crippen LogP contribution in [0.25, 0.3) is 21.5 Å². The molecule has 4 aliphatic heterocycles. The van der Waals surface area contributed by atoms with E-state index in [0.29, 0.717) is 79.7 Å². The van der Waals surface area contributed by atoms with Crippen molar-refractivity contribution in [3.05, 3.63) is 199 Å². The first-order chi connectivity index (χ1) is 37.3. The summed E-state index contributed by atoms with van der Waals surface area (Å²) in [5.41, 5.74) is 6.81. The van der Waals surface area contributed by atoms with Gasteiger partial charge in [0.2, 0.25) is 0 Å². The van der Waals surface area contributed by atoms with Gasteiger partial charge in [-0.15, -0.1) is 0 Å². The second-order valence-corrected chi connectivity index (χ2v) is 27.2. The molecule has 2 aromatic heterocycles. The van der Waals surface area contributed by atoms with Crippen molar-refractivity contribution in [3.8, 4) is 0 Å². The Hall–Kier alpha value is -8.82. The maximum Gasteiger partial charge on any atom is 0.742 e. The summed E-state index contributed by atoms with van der Waals surface area (Å²) in [6.07, 6.45) is 1.38. The Balaban J connectivity index is 1.36. The second kappa shape index (κ2) is 17.6. The SMILES string of the molecule is CC(C)(C)c1ccc2c(c1)C1=NC2=Nc2c3cc(C(C)(C)C)ccc3c3n2[Si](OC(=O)c2ccc(C=O)cc2)(OC(=O)c2ccc(C=O)cc2)n2c(c4ccc(C(C)(C)C)cc4c2=NC2=NC(=N3)c3cc(C(C)(C)C)ccc32)=N1. The van der Waals surface area contributed by atoms with Crippen LogP contribution in [0.1, 0.15) is 169 Å². The maximum absolute atomic E-state index is 15.8. The summed E-state index contributed by atoms with van der Waals surface area (Å²) >= 11 is 0. The number of rotatable bonds is 6. The summed E-state index contributed by atoms with van der Waals surface area (Å²) in [5.74, 6) is -0.0443. The average Bonchev–Trinajstić information content (AvgIpc) is 2.88. The minimum atomic E-state index is -5.47. The number of carbonyl (C=O) groups excluding carboxylic acids is 4. The van der Waals surface area contributed by atoms with Crippen LogP contribution in [0.15, 0.2) is 151 Å². The number of aldehydes is 2. The molecule has 0 saturated heterocycles. The molecule has 0 N–H and O–H groups in total. The topological polar surface area (TPSA) is 171 Å². The zero-order valence-corrected chi connectivity index (χ0v) is 47.2. The van der Waals surface area contributed by atoms with E-state index in [1.807, 2.05) is 36.4 Å². The molecule has 0 amide bonds. The largest absolute Gasteiger partial charge is 0.742 e. The van der Waals surface area contributed by atoms with Crippen LogP contribution in [0, 0.1) is 0 Å². The van der Waals surface area contributed by atoms with Crippen molar-refractivity contribution < 1.29 is 28.0 Å². The monoisotopic (exact) mass is 1060 g/mol. The fourth-order valence-electron chi connectivity index (χ4n) is 10.5. The Kier molecular flexibility index (Phi) is 11.4. The minimum Gasteiger partial charge on any atom is -0.448 e. The van der Waals surface area contributed by atoms with Gasteiger partial charge in [-0.25, -0.2) is 39.5 Å². The molecule has 0 fully saturated rings. The molecule has 4 aliphatic rings. The van der Waals surface area contributed by atoms with Crippen LogP contribution in [-0.2, 0) is 30.5 Å². The van der Waals surface area contributed by atoms with Gasteiger partial charge in [-0.1, -0.05) is 156 Å². The van der Waals surface area contributed by atoms with Gasteiger partial charge in [0.25, 0.3) is 0 Å². The lowest BCUT2D eigenvalue weighted by Gasteiger charge is -2.31. The maximum atomic E-state index is 15.8. The van der Waals surface area contributed by atoms with Crippen molar-refractivity contribution in [1.82, 2.24) is 8.47 Å². The van der Waals surface area contributed by atoms with E-state index in [1.165, 1.54) is 48.5 Å². The Morgan fingerprint density at radius 1 is 0.392 bits per heavy atom. The summed E-state index contributed by atoms with van der Waals surface area (Å²) in [7, 11) is -5.47. The van der Waals surface area contributed by atoms with E-state index in [0.717, 1.165) is 33.4 Å². The van der Waals surface area contributed by atoms with Crippen molar-refractivity contribution in [1.29, 1.82) is 0 Å². The first-order valence-corrected chi connectivity index (χ1v) is 28.1. The predicted octanol–water partition coefficient (Wildman–Crippen LogP) is 11.9. The molecule has 0 aliphatic carbocycles. The molecule has 0 unspecified atom stereocenters. The lowest BCUT2D eigenvalue weighted by Crippen LogP contribution is -2.65.